The van der Waals surface area contributed by atoms with Crippen molar-refractivity contribution in [3.8, 4) is 22.6 Å². The summed E-state index contributed by atoms with van der Waals surface area (Å²) in [6, 6.07) is 35.5. The van der Waals surface area contributed by atoms with Gasteiger partial charge in [0, 0.05) is 5.46 Å². The molecule has 0 amide bonds. The number of hydrogen-bond donors (Lipinski definition) is 0. The predicted octanol–water partition coefficient (Wildman–Crippen LogP) is 5.83. The maximum atomic E-state index is 6.23. The Morgan fingerprint density at radius 1 is 0.448 bits per heavy atom. The van der Waals surface area contributed by atoms with Gasteiger partial charge in [-0.2, -0.15) is 0 Å². The minimum atomic E-state index is -0.466. The van der Waals surface area contributed by atoms with Crippen LogP contribution >= 0.6 is 0 Å². The summed E-state index contributed by atoms with van der Waals surface area (Å²) in [6.07, 6.45) is 0. The largest absolute Gasteiger partial charge is 0.634 e. The Morgan fingerprint density at radius 3 is 1.45 bits per heavy atom. The second-order valence-corrected chi connectivity index (χ2v) is 7.26. The molecule has 0 aliphatic carbocycles. The van der Waals surface area contributed by atoms with Gasteiger partial charge in [-0.05, 0) is 44.8 Å². The van der Waals surface area contributed by atoms with Crippen LogP contribution in [0.1, 0.15) is 0 Å². The molecule has 1 aliphatic heterocycles. The van der Waals surface area contributed by atoms with Crippen LogP contribution in [-0.4, -0.2) is 7.12 Å². The summed E-state index contributed by atoms with van der Waals surface area (Å²) < 4.78 is 12.5. The van der Waals surface area contributed by atoms with Gasteiger partial charge in [0.25, 0.3) is 0 Å². The Kier molecular flexibility index (Phi) is 3.60. The number of fused-ring (bicyclic) bond motifs is 3. The zero-order valence-corrected chi connectivity index (χ0v) is 15.7. The van der Waals surface area contributed by atoms with Crippen LogP contribution in [0.15, 0.2) is 103 Å². The molecule has 0 N–H and O–H groups in total. The molecule has 6 rings (SSSR count). The third-order valence-electron chi connectivity index (χ3n) is 5.59. The van der Waals surface area contributed by atoms with Crippen molar-refractivity contribution < 1.29 is 9.31 Å². The van der Waals surface area contributed by atoms with Crippen molar-refractivity contribution in [2.45, 2.75) is 0 Å². The normalized spacial score (nSPS) is 12.6. The van der Waals surface area contributed by atoms with E-state index in [0.717, 1.165) is 27.7 Å². The van der Waals surface area contributed by atoms with Crippen LogP contribution < -0.4 is 14.8 Å². The molecular formula is C26H17BO2. The molecule has 2 nitrogen and oxygen atoms in total. The Balaban J connectivity index is 1.69. The van der Waals surface area contributed by atoms with Crippen LogP contribution in [0.25, 0.3) is 32.7 Å². The summed E-state index contributed by atoms with van der Waals surface area (Å²) in [5, 5.41) is 4.72. The van der Waals surface area contributed by atoms with Crippen molar-refractivity contribution in [3.63, 3.8) is 0 Å². The Morgan fingerprint density at radius 2 is 0.897 bits per heavy atom. The molecule has 0 saturated heterocycles. The molecule has 0 atom stereocenters. The molecule has 0 bridgehead atoms. The van der Waals surface area contributed by atoms with Gasteiger partial charge in [0.1, 0.15) is 11.5 Å². The minimum Gasteiger partial charge on any atom is -0.519 e. The maximum absolute atomic E-state index is 6.23. The Bertz CT molecular complexity index is 1280. The SMILES string of the molecule is c1ccc(-c2c3ccccc3c(B3Oc4ccccc4O3)c3ccccc23)cc1. The standard InChI is InChI=1S/C26H17BO2/c1-2-10-18(11-3-1)25-19-12-4-6-14-21(19)26(22-15-7-5-13-20(22)25)27-28-23-16-8-9-17-24(23)29-27/h1-17H. The molecule has 0 spiro atoms. The lowest BCUT2D eigenvalue weighted by Gasteiger charge is -2.18. The van der Waals surface area contributed by atoms with E-state index in [-0.39, 0.29) is 0 Å². The molecule has 0 saturated carbocycles. The van der Waals surface area contributed by atoms with Crippen molar-refractivity contribution in [2.75, 3.05) is 0 Å². The molecule has 136 valence electrons. The minimum absolute atomic E-state index is 0.466. The fraction of sp³-hybridized carbons (Fsp3) is 0. The van der Waals surface area contributed by atoms with E-state index >= 15 is 0 Å². The van der Waals surface area contributed by atoms with Crippen molar-refractivity contribution in [1.82, 2.24) is 0 Å². The smallest absolute Gasteiger partial charge is 0.519 e. The van der Waals surface area contributed by atoms with Crippen molar-refractivity contribution in [3.05, 3.63) is 103 Å². The van der Waals surface area contributed by atoms with E-state index in [1.807, 2.05) is 24.3 Å². The lowest BCUT2D eigenvalue weighted by molar-refractivity contribution is 0.520. The summed E-state index contributed by atoms with van der Waals surface area (Å²) >= 11 is 0. The molecule has 1 aliphatic rings. The van der Waals surface area contributed by atoms with Crippen LogP contribution in [-0.2, 0) is 0 Å². The molecule has 0 fully saturated rings. The number of benzene rings is 5. The van der Waals surface area contributed by atoms with Crippen LogP contribution in [0.4, 0.5) is 0 Å². The molecule has 0 radical (unpaired) electrons. The second kappa shape index (κ2) is 6.42. The van der Waals surface area contributed by atoms with Gasteiger partial charge in [0.2, 0.25) is 0 Å². The van der Waals surface area contributed by atoms with Gasteiger partial charge < -0.3 is 9.31 Å². The lowest BCUT2D eigenvalue weighted by atomic mass is 9.71. The van der Waals surface area contributed by atoms with Crippen LogP contribution in [0.2, 0.25) is 0 Å². The van der Waals surface area contributed by atoms with E-state index in [1.165, 1.54) is 21.9 Å². The number of hydrogen-bond acceptors (Lipinski definition) is 2. The fourth-order valence-electron chi connectivity index (χ4n) is 4.35. The van der Waals surface area contributed by atoms with E-state index < -0.39 is 7.12 Å². The Labute approximate surface area is 169 Å². The summed E-state index contributed by atoms with van der Waals surface area (Å²) in [7, 11) is -0.466. The summed E-state index contributed by atoms with van der Waals surface area (Å²) in [4.78, 5) is 0. The first-order valence-electron chi connectivity index (χ1n) is 9.81. The van der Waals surface area contributed by atoms with Gasteiger partial charge in [-0.3, -0.25) is 0 Å². The Hall–Kier alpha value is -3.72. The van der Waals surface area contributed by atoms with Gasteiger partial charge in [0.05, 0.1) is 0 Å². The topological polar surface area (TPSA) is 18.5 Å². The van der Waals surface area contributed by atoms with Gasteiger partial charge in [-0.1, -0.05) is 91.0 Å². The summed E-state index contributed by atoms with van der Waals surface area (Å²) in [6.45, 7) is 0. The molecule has 5 aromatic rings. The second-order valence-electron chi connectivity index (χ2n) is 7.26. The van der Waals surface area contributed by atoms with Gasteiger partial charge >= 0.3 is 7.12 Å². The maximum Gasteiger partial charge on any atom is 0.634 e. The molecule has 0 aromatic heterocycles. The molecule has 3 heteroatoms. The zero-order chi connectivity index (χ0) is 19.2. The highest BCUT2D eigenvalue weighted by Gasteiger charge is 2.37. The summed E-state index contributed by atoms with van der Waals surface area (Å²) in [5.74, 6) is 1.58. The van der Waals surface area contributed by atoms with Crippen molar-refractivity contribution in [1.29, 1.82) is 0 Å². The van der Waals surface area contributed by atoms with E-state index in [1.54, 1.807) is 0 Å². The zero-order valence-electron chi connectivity index (χ0n) is 15.7. The number of rotatable bonds is 2. The third kappa shape index (κ3) is 2.51. The molecule has 0 unspecified atom stereocenters. The van der Waals surface area contributed by atoms with Crippen molar-refractivity contribution in [2.24, 2.45) is 0 Å². The van der Waals surface area contributed by atoms with E-state index in [9.17, 15) is 0 Å². The van der Waals surface area contributed by atoms with E-state index in [2.05, 4.69) is 78.9 Å². The highest BCUT2D eigenvalue weighted by atomic mass is 16.6. The van der Waals surface area contributed by atoms with Gasteiger partial charge in [0.15, 0.2) is 0 Å². The monoisotopic (exact) mass is 372 g/mol. The first-order valence-corrected chi connectivity index (χ1v) is 9.81. The van der Waals surface area contributed by atoms with E-state index in [4.69, 9.17) is 9.31 Å². The van der Waals surface area contributed by atoms with Gasteiger partial charge in [-0.25, -0.2) is 0 Å². The lowest BCUT2D eigenvalue weighted by Crippen LogP contribution is -2.40. The molecule has 1 heterocycles. The quantitative estimate of drug-likeness (QED) is 0.287. The molecule has 5 aromatic carbocycles. The average molecular weight is 372 g/mol. The first kappa shape index (κ1) is 16.3. The van der Waals surface area contributed by atoms with Crippen LogP contribution in [0.3, 0.4) is 0 Å². The number of para-hydroxylation sites is 2. The first-order chi connectivity index (χ1) is 14.4. The van der Waals surface area contributed by atoms with E-state index in [0.29, 0.717) is 0 Å². The summed E-state index contributed by atoms with van der Waals surface area (Å²) in [5.41, 5.74) is 3.53. The predicted molar refractivity (Wildman–Crippen MR) is 120 cm³/mol. The highest BCUT2D eigenvalue weighted by Crippen LogP contribution is 2.38. The fourth-order valence-corrected chi connectivity index (χ4v) is 4.35. The molecule has 29 heavy (non-hydrogen) atoms. The highest BCUT2D eigenvalue weighted by molar-refractivity contribution is 6.70. The van der Waals surface area contributed by atoms with Crippen LogP contribution in [0.5, 0.6) is 11.5 Å². The third-order valence-corrected chi connectivity index (χ3v) is 5.59. The van der Waals surface area contributed by atoms with Crippen LogP contribution in [0, 0.1) is 0 Å². The average Bonchev–Trinajstić information content (AvgIpc) is 3.21. The molecular weight excluding hydrogens is 355 g/mol. The van der Waals surface area contributed by atoms with Gasteiger partial charge in [-0.15, -0.1) is 0 Å². The van der Waals surface area contributed by atoms with Crippen molar-refractivity contribution >= 4 is 34.1 Å².